The molecule has 3 fully saturated rings. The molecule has 1 saturated carbocycles. The van der Waals surface area contributed by atoms with Crippen molar-refractivity contribution in [3.8, 4) is 0 Å². The van der Waals surface area contributed by atoms with Gasteiger partial charge in [0.15, 0.2) is 0 Å². The number of likely N-dealkylation sites (tertiary alicyclic amines) is 1. The molecule has 0 bridgehead atoms. The number of benzene rings is 1. The van der Waals surface area contributed by atoms with E-state index in [1.54, 1.807) is 32.1 Å². The van der Waals surface area contributed by atoms with E-state index in [0.29, 0.717) is 24.8 Å². The minimum atomic E-state index is -0.496. The first kappa shape index (κ1) is 29.7. The number of hydrogen-bond acceptors (Lipinski definition) is 6. The molecule has 210 valence electrons. The Balaban J connectivity index is 0.000000715. The van der Waals surface area contributed by atoms with Gasteiger partial charge in [0.2, 0.25) is 0 Å². The number of ether oxygens (including phenoxy) is 1. The maximum Gasteiger partial charge on any atom is 0.339 e. The third kappa shape index (κ3) is 9.80. The Bertz CT molecular complexity index is 981. The lowest BCUT2D eigenvalue weighted by molar-refractivity contribution is -0.142. The van der Waals surface area contributed by atoms with Crippen molar-refractivity contribution in [2.24, 2.45) is 5.41 Å². The summed E-state index contributed by atoms with van der Waals surface area (Å²) in [6, 6.07) is 7.72. The van der Waals surface area contributed by atoms with Gasteiger partial charge in [0.1, 0.15) is 0 Å². The number of rotatable bonds is 6. The molecule has 0 spiro atoms. The van der Waals surface area contributed by atoms with E-state index in [4.69, 9.17) is 10.5 Å². The fourth-order valence-corrected chi connectivity index (χ4v) is 4.40. The fourth-order valence-electron chi connectivity index (χ4n) is 4.40. The van der Waals surface area contributed by atoms with Gasteiger partial charge < -0.3 is 25.6 Å². The van der Waals surface area contributed by atoms with Crippen molar-refractivity contribution >= 4 is 23.8 Å². The van der Waals surface area contributed by atoms with Gasteiger partial charge in [-0.2, -0.15) is 0 Å². The summed E-state index contributed by atoms with van der Waals surface area (Å²) < 4.78 is 5.33. The molecule has 3 aliphatic rings. The highest BCUT2D eigenvalue weighted by atomic mass is 16.5. The number of amides is 2. The molecule has 3 N–H and O–H groups in total. The van der Waals surface area contributed by atoms with E-state index in [-0.39, 0.29) is 17.7 Å². The van der Waals surface area contributed by atoms with Crippen LogP contribution in [-0.4, -0.2) is 85.2 Å². The first-order valence-corrected chi connectivity index (χ1v) is 14.0. The van der Waals surface area contributed by atoms with E-state index in [2.05, 4.69) is 36.0 Å². The zero-order valence-electron chi connectivity index (χ0n) is 23.9. The minimum Gasteiger partial charge on any atom is -0.459 e. The van der Waals surface area contributed by atoms with Crippen molar-refractivity contribution in [1.82, 2.24) is 20.0 Å². The highest BCUT2D eigenvalue weighted by molar-refractivity contribution is 5.94. The van der Waals surface area contributed by atoms with Crippen molar-refractivity contribution < 1.29 is 14.3 Å². The lowest BCUT2D eigenvalue weighted by Gasteiger charge is -2.41. The minimum absolute atomic E-state index is 0.200. The number of para-hydroxylation sites is 1. The average Bonchev–Trinajstić information content (AvgIpc) is 3.59. The van der Waals surface area contributed by atoms with Crippen LogP contribution >= 0.6 is 0 Å². The van der Waals surface area contributed by atoms with Gasteiger partial charge in [0.05, 0.1) is 11.7 Å². The second-order valence-electron chi connectivity index (χ2n) is 11.7. The molecule has 2 aliphatic heterocycles. The number of piperidine rings is 1. The molecule has 38 heavy (non-hydrogen) atoms. The van der Waals surface area contributed by atoms with Crippen molar-refractivity contribution in [3.05, 3.63) is 47.7 Å². The molecule has 1 aromatic carbocycles. The number of nitrogens with one attached hydrogen (secondary N) is 1. The summed E-state index contributed by atoms with van der Waals surface area (Å²) in [5, 5.41) is 2.78. The van der Waals surface area contributed by atoms with Crippen molar-refractivity contribution in [2.75, 3.05) is 52.0 Å². The van der Waals surface area contributed by atoms with Crippen LogP contribution in [0.15, 0.2) is 42.1 Å². The molecule has 8 nitrogen and oxygen atoms in total. The normalized spacial score (nSPS) is 20.7. The van der Waals surface area contributed by atoms with E-state index in [9.17, 15) is 9.59 Å². The largest absolute Gasteiger partial charge is 0.459 e. The SMILES string of the molecule is CC(C)OC(=O)C(/C=C/c1ccccc1N)=C/NC(=O)N1CCC(N2CCN(C)CC2)CC1.CC1(C)CC1. The predicted molar refractivity (Wildman–Crippen MR) is 154 cm³/mol. The molecular weight excluding hydrogens is 478 g/mol. The zero-order valence-corrected chi connectivity index (χ0v) is 23.9. The van der Waals surface area contributed by atoms with E-state index in [0.717, 1.165) is 50.0 Å². The third-order valence-corrected chi connectivity index (χ3v) is 7.42. The number of likely N-dealkylation sites (N-methyl/N-ethyl adjacent to an activating group) is 1. The van der Waals surface area contributed by atoms with Gasteiger partial charge in [-0.25, -0.2) is 9.59 Å². The monoisotopic (exact) mass is 525 g/mol. The molecule has 2 amide bonds. The highest BCUT2D eigenvalue weighted by Gasteiger charge is 2.30. The maximum atomic E-state index is 12.8. The van der Waals surface area contributed by atoms with Gasteiger partial charge in [0, 0.05) is 57.2 Å². The van der Waals surface area contributed by atoms with Crippen molar-refractivity contribution in [2.45, 2.75) is 65.5 Å². The maximum absolute atomic E-state index is 12.8. The van der Waals surface area contributed by atoms with E-state index in [1.165, 1.54) is 19.0 Å². The molecule has 0 radical (unpaired) electrons. The molecule has 0 aromatic heterocycles. The third-order valence-electron chi connectivity index (χ3n) is 7.42. The van der Waals surface area contributed by atoms with Gasteiger partial charge in [-0.3, -0.25) is 4.90 Å². The van der Waals surface area contributed by atoms with Gasteiger partial charge in [-0.15, -0.1) is 0 Å². The molecule has 2 heterocycles. The summed E-state index contributed by atoms with van der Waals surface area (Å²) in [7, 11) is 2.16. The van der Waals surface area contributed by atoms with Gasteiger partial charge in [0.25, 0.3) is 0 Å². The second-order valence-corrected chi connectivity index (χ2v) is 11.7. The lowest BCUT2D eigenvalue weighted by Crippen LogP contribution is -2.53. The number of esters is 1. The summed E-state index contributed by atoms with van der Waals surface area (Å²) in [5.74, 6) is -0.496. The highest BCUT2D eigenvalue weighted by Crippen LogP contribution is 2.43. The van der Waals surface area contributed by atoms with Gasteiger partial charge >= 0.3 is 12.0 Å². The van der Waals surface area contributed by atoms with Crippen LogP contribution in [0.4, 0.5) is 10.5 Å². The molecule has 8 heteroatoms. The topological polar surface area (TPSA) is 91.1 Å². The second kappa shape index (κ2) is 13.8. The molecule has 1 aromatic rings. The smallest absolute Gasteiger partial charge is 0.339 e. The predicted octanol–water partition coefficient (Wildman–Crippen LogP) is 4.35. The van der Waals surface area contributed by atoms with Crippen LogP contribution in [0.5, 0.6) is 0 Å². The van der Waals surface area contributed by atoms with Crippen LogP contribution in [0, 0.1) is 5.41 Å². The summed E-state index contributed by atoms with van der Waals surface area (Å²) >= 11 is 0. The Hall–Kier alpha value is -2.84. The average molecular weight is 526 g/mol. The zero-order chi connectivity index (χ0) is 27.7. The van der Waals surface area contributed by atoms with Crippen LogP contribution in [0.25, 0.3) is 6.08 Å². The van der Waals surface area contributed by atoms with Crippen LogP contribution in [0.3, 0.4) is 0 Å². The Kier molecular flexibility index (Phi) is 10.8. The van der Waals surface area contributed by atoms with Crippen LogP contribution in [0.1, 0.15) is 58.9 Å². The van der Waals surface area contributed by atoms with Crippen LogP contribution in [0.2, 0.25) is 0 Å². The Labute approximate surface area is 228 Å². The van der Waals surface area contributed by atoms with E-state index < -0.39 is 5.97 Å². The molecule has 1 aliphatic carbocycles. The molecule has 4 rings (SSSR count). The number of nitrogen functional groups attached to an aromatic ring is 1. The quantitative estimate of drug-likeness (QED) is 0.248. The number of carbonyl (C=O) groups excluding carboxylic acids is 2. The Morgan fingerprint density at radius 1 is 1.05 bits per heavy atom. The number of nitrogens with two attached hydrogens (primary N) is 1. The molecule has 0 atom stereocenters. The van der Waals surface area contributed by atoms with Crippen LogP contribution < -0.4 is 11.1 Å². The lowest BCUT2D eigenvalue weighted by atomic mass is 10.0. The van der Waals surface area contributed by atoms with E-state index >= 15 is 0 Å². The number of carbonyl (C=O) groups is 2. The molecule has 2 saturated heterocycles. The van der Waals surface area contributed by atoms with Gasteiger partial charge in [-0.05, 0) is 69.7 Å². The van der Waals surface area contributed by atoms with E-state index in [1.807, 2.05) is 23.1 Å². The Morgan fingerprint density at radius 3 is 2.21 bits per heavy atom. The number of anilines is 1. The number of hydrogen-bond donors (Lipinski definition) is 2. The van der Waals surface area contributed by atoms with Crippen molar-refractivity contribution in [1.29, 1.82) is 0 Å². The summed E-state index contributed by atoms with van der Waals surface area (Å²) in [4.78, 5) is 32.0. The molecule has 0 unspecified atom stereocenters. The van der Waals surface area contributed by atoms with Gasteiger partial charge in [-0.1, -0.05) is 38.1 Å². The summed E-state index contributed by atoms with van der Waals surface area (Å²) in [5.41, 5.74) is 8.39. The number of piperazine rings is 1. The number of nitrogens with zero attached hydrogens (tertiary/aromatic N) is 3. The first-order chi connectivity index (χ1) is 18.0. The fraction of sp³-hybridized carbons (Fsp3) is 0.600. The standard InChI is InChI=1S/C25H37N5O3.C5H10/c1-19(2)33-24(31)21(9-8-20-6-4-5-7-23(20)26)18-27-25(32)30-12-10-22(11-13-30)29-16-14-28(3)15-17-29;1-5(2)3-4-5/h4-9,18-19,22H,10-17,26H2,1-3H3,(H,27,32);3-4H2,1-2H3/b9-8+,21-18+;. The van der Waals surface area contributed by atoms with Crippen molar-refractivity contribution in [3.63, 3.8) is 0 Å². The first-order valence-electron chi connectivity index (χ1n) is 14.0. The molecular formula is C30H47N5O3. The Morgan fingerprint density at radius 2 is 1.66 bits per heavy atom. The summed E-state index contributed by atoms with van der Waals surface area (Å²) in [6.45, 7) is 14.0. The number of urea groups is 1. The van der Waals surface area contributed by atoms with Crippen LogP contribution in [-0.2, 0) is 9.53 Å². The summed E-state index contributed by atoms with van der Waals surface area (Å²) in [6.07, 6.45) is 9.37.